The Hall–Kier alpha value is -1.38. The molecule has 1 nitrogen and oxygen atoms in total. The first-order chi connectivity index (χ1) is 8.74. The van der Waals surface area contributed by atoms with E-state index in [1.807, 2.05) is 12.1 Å². The minimum absolute atomic E-state index is 0.0221. The van der Waals surface area contributed by atoms with Gasteiger partial charge in [0.2, 0.25) is 0 Å². The smallest absolute Gasteiger partial charge is 0.0537 e. The van der Waals surface area contributed by atoms with Crippen molar-refractivity contribution in [3.05, 3.63) is 70.9 Å². The topological polar surface area (TPSA) is 12.0 Å². The van der Waals surface area contributed by atoms with Crippen LogP contribution in [0.25, 0.3) is 0 Å². The summed E-state index contributed by atoms with van der Waals surface area (Å²) in [6.45, 7) is 6.99. The highest BCUT2D eigenvalue weighted by molar-refractivity contribution is 7.10. The molecule has 1 atom stereocenters. The van der Waals surface area contributed by atoms with Gasteiger partial charge in [-0.25, -0.2) is 0 Å². The van der Waals surface area contributed by atoms with Crippen LogP contribution in [0.4, 0.5) is 0 Å². The van der Waals surface area contributed by atoms with Crippen LogP contribution in [0.15, 0.2) is 60.5 Å². The van der Waals surface area contributed by atoms with Crippen molar-refractivity contribution < 1.29 is 0 Å². The van der Waals surface area contributed by atoms with Crippen LogP contribution in [-0.4, -0.2) is 0 Å². The van der Waals surface area contributed by atoms with Gasteiger partial charge in [-0.05, 0) is 30.4 Å². The lowest BCUT2D eigenvalue weighted by molar-refractivity contribution is 0.375. The maximum Gasteiger partial charge on any atom is 0.0537 e. The van der Waals surface area contributed by atoms with Gasteiger partial charge in [-0.2, -0.15) is 0 Å². The third-order valence-electron chi connectivity index (χ3n) is 3.14. The Morgan fingerprint density at radius 1 is 1.22 bits per heavy atom. The first-order valence-electron chi connectivity index (χ1n) is 6.18. The second kappa shape index (κ2) is 5.98. The summed E-state index contributed by atoms with van der Waals surface area (Å²) in [7, 11) is 0. The molecule has 1 aromatic carbocycles. The lowest BCUT2D eigenvalue weighted by Gasteiger charge is -2.29. The molecule has 0 aliphatic carbocycles. The van der Waals surface area contributed by atoms with E-state index < -0.39 is 0 Å². The van der Waals surface area contributed by atoms with E-state index in [4.69, 9.17) is 0 Å². The van der Waals surface area contributed by atoms with E-state index in [2.05, 4.69) is 60.6 Å². The van der Waals surface area contributed by atoms with Crippen LogP contribution in [-0.2, 0) is 12.1 Å². The average molecular weight is 257 g/mol. The molecule has 2 rings (SSSR count). The molecule has 0 bridgehead atoms. The fourth-order valence-electron chi connectivity index (χ4n) is 2.03. The molecule has 18 heavy (non-hydrogen) atoms. The zero-order chi connectivity index (χ0) is 12.8. The minimum atomic E-state index is -0.0221. The Morgan fingerprint density at radius 3 is 2.61 bits per heavy atom. The van der Waals surface area contributed by atoms with Gasteiger partial charge in [-0.1, -0.05) is 42.5 Å². The van der Waals surface area contributed by atoms with E-state index in [-0.39, 0.29) is 5.54 Å². The van der Waals surface area contributed by atoms with Crippen molar-refractivity contribution in [1.29, 1.82) is 0 Å². The van der Waals surface area contributed by atoms with Crippen LogP contribution >= 0.6 is 11.3 Å². The molecule has 2 heteroatoms. The van der Waals surface area contributed by atoms with Crippen LogP contribution in [0, 0.1) is 0 Å². The van der Waals surface area contributed by atoms with Crippen LogP contribution in [0.2, 0.25) is 0 Å². The summed E-state index contributed by atoms with van der Waals surface area (Å²) >= 11 is 1.79. The van der Waals surface area contributed by atoms with Crippen molar-refractivity contribution in [1.82, 2.24) is 5.32 Å². The second-order valence-corrected chi connectivity index (χ2v) is 5.59. The summed E-state index contributed by atoms with van der Waals surface area (Å²) in [6.07, 6.45) is 2.91. The van der Waals surface area contributed by atoms with Gasteiger partial charge < -0.3 is 5.32 Å². The summed E-state index contributed by atoms with van der Waals surface area (Å²) in [5, 5.41) is 5.78. The predicted molar refractivity (Wildman–Crippen MR) is 79.8 cm³/mol. The van der Waals surface area contributed by atoms with Crippen molar-refractivity contribution >= 4 is 11.3 Å². The number of rotatable bonds is 6. The zero-order valence-electron chi connectivity index (χ0n) is 10.7. The fraction of sp³-hybridized carbons (Fsp3) is 0.250. The van der Waals surface area contributed by atoms with Crippen molar-refractivity contribution in [3.63, 3.8) is 0 Å². The van der Waals surface area contributed by atoms with Gasteiger partial charge >= 0.3 is 0 Å². The molecular weight excluding hydrogens is 238 g/mol. The molecule has 0 saturated heterocycles. The van der Waals surface area contributed by atoms with Crippen molar-refractivity contribution in [2.75, 3.05) is 0 Å². The van der Waals surface area contributed by atoms with Crippen molar-refractivity contribution in [3.8, 4) is 0 Å². The number of thiophene rings is 1. The Balaban J connectivity index is 2.09. The lowest BCUT2D eigenvalue weighted by atomic mass is 9.95. The van der Waals surface area contributed by atoms with Crippen LogP contribution in [0.3, 0.4) is 0 Å². The van der Waals surface area contributed by atoms with E-state index in [0.717, 1.165) is 13.0 Å². The Bertz CT molecular complexity index is 475. The molecule has 0 aliphatic heterocycles. The first-order valence-corrected chi connectivity index (χ1v) is 7.06. The van der Waals surface area contributed by atoms with E-state index in [9.17, 15) is 0 Å². The lowest BCUT2D eigenvalue weighted by Crippen LogP contribution is -2.37. The molecule has 0 fully saturated rings. The Kier molecular flexibility index (Phi) is 4.34. The summed E-state index contributed by atoms with van der Waals surface area (Å²) in [4.78, 5) is 1.36. The monoisotopic (exact) mass is 257 g/mol. The fourth-order valence-corrected chi connectivity index (χ4v) is 2.91. The number of nitrogens with one attached hydrogen (secondary N) is 1. The van der Waals surface area contributed by atoms with Gasteiger partial charge in [0.05, 0.1) is 5.54 Å². The van der Waals surface area contributed by atoms with Gasteiger partial charge in [-0.3, -0.25) is 0 Å². The number of hydrogen-bond acceptors (Lipinski definition) is 2. The minimum Gasteiger partial charge on any atom is -0.303 e. The number of hydrogen-bond donors (Lipinski definition) is 1. The molecule has 0 amide bonds. The maximum absolute atomic E-state index is 3.88. The third-order valence-corrected chi connectivity index (χ3v) is 4.28. The highest BCUT2D eigenvalue weighted by Gasteiger charge is 2.25. The van der Waals surface area contributed by atoms with Crippen molar-refractivity contribution in [2.45, 2.75) is 25.4 Å². The highest BCUT2D eigenvalue weighted by atomic mass is 32.1. The SMILES string of the molecule is C=CCC(C)(NCc1ccccc1)c1cccs1. The highest BCUT2D eigenvalue weighted by Crippen LogP contribution is 2.29. The molecule has 0 aliphatic rings. The van der Waals surface area contributed by atoms with Gasteiger partial charge in [-0.15, -0.1) is 17.9 Å². The molecule has 1 heterocycles. The van der Waals surface area contributed by atoms with E-state index in [1.54, 1.807) is 11.3 Å². The molecule has 94 valence electrons. The largest absolute Gasteiger partial charge is 0.303 e. The van der Waals surface area contributed by atoms with Gasteiger partial charge in [0.1, 0.15) is 0 Å². The summed E-state index contributed by atoms with van der Waals surface area (Å²) in [5.74, 6) is 0. The van der Waals surface area contributed by atoms with Gasteiger partial charge in [0.25, 0.3) is 0 Å². The molecule has 1 unspecified atom stereocenters. The molecule has 1 aromatic heterocycles. The average Bonchev–Trinajstić information content (AvgIpc) is 2.93. The number of benzene rings is 1. The third kappa shape index (κ3) is 3.09. The van der Waals surface area contributed by atoms with Crippen LogP contribution in [0.1, 0.15) is 23.8 Å². The summed E-state index contributed by atoms with van der Waals surface area (Å²) < 4.78 is 0. The summed E-state index contributed by atoms with van der Waals surface area (Å²) in [6, 6.07) is 14.8. The molecule has 0 spiro atoms. The molecule has 0 saturated carbocycles. The standard InChI is InChI=1S/C16H19NS/c1-3-11-16(2,15-10-7-12-18-15)17-13-14-8-5-4-6-9-14/h3-10,12,17H,1,11,13H2,2H3. The van der Waals surface area contributed by atoms with E-state index in [1.165, 1.54) is 10.4 Å². The first kappa shape index (κ1) is 13.1. The quantitative estimate of drug-likeness (QED) is 0.760. The Morgan fingerprint density at radius 2 is 2.00 bits per heavy atom. The van der Waals surface area contributed by atoms with Gasteiger partial charge in [0.15, 0.2) is 0 Å². The molecule has 0 radical (unpaired) electrons. The summed E-state index contributed by atoms with van der Waals surface area (Å²) in [5.41, 5.74) is 1.29. The van der Waals surface area contributed by atoms with E-state index in [0.29, 0.717) is 0 Å². The van der Waals surface area contributed by atoms with Crippen LogP contribution < -0.4 is 5.32 Å². The maximum atomic E-state index is 3.88. The molecule has 1 N–H and O–H groups in total. The zero-order valence-corrected chi connectivity index (χ0v) is 11.5. The van der Waals surface area contributed by atoms with Crippen molar-refractivity contribution in [2.24, 2.45) is 0 Å². The normalized spacial score (nSPS) is 14.1. The predicted octanol–water partition coefficient (Wildman–Crippen LogP) is 4.33. The Labute approximate surface area is 113 Å². The molecular formula is C16H19NS. The van der Waals surface area contributed by atoms with Gasteiger partial charge in [0, 0.05) is 11.4 Å². The van der Waals surface area contributed by atoms with E-state index >= 15 is 0 Å². The molecule has 2 aromatic rings. The second-order valence-electron chi connectivity index (χ2n) is 4.64. The van der Waals surface area contributed by atoms with Crippen LogP contribution in [0.5, 0.6) is 0 Å².